The van der Waals surface area contributed by atoms with Gasteiger partial charge in [0.15, 0.2) is 11.4 Å². The van der Waals surface area contributed by atoms with Gasteiger partial charge in [0, 0.05) is 25.0 Å². The van der Waals surface area contributed by atoms with Crippen molar-refractivity contribution in [1.29, 1.82) is 0 Å². The molecule has 5 heteroatoms. The van der Waals surface area contributed by atoms with E-state index in [-0.39, 0.29) is 0 Å². The van der Waals surface area contributed by atoms with Gasteiger partial charge in [0.05, 0.1) is 10.6 Å². The molecule has 1 unspecified atom stereocenters. The van der Waals surface area contributed by atoms with Crippen molar-refractivity contribution in [2.45, 2.75) is 44.6 Å². The Kier molecular flexibility index (Phi) is 4.08. The molecule has 0 amide bonds. The zero-order valence-corrected chi connectivity index (χ0v) is 13.2. The summed E-state index contributed by atoms with van der Waals surface area (Å²) in [5, 5.41) is 1.07. The third-order valence-corrected chi connectivity index (χ3v) is 5.39. The van der Waals surface area contributed by atoms with E-state index in [1.807, 2.05) is 0 Å². The monoisotopic (exact) mass is 293 g/mol. The highest BCUT2D eigenvalue weighted by molar-refractivity contribution is 7.17. The lowest BCUT2D eigenvalue weighted by Crippen LogP contribution is -2.39. The van der Waals surface area contributed by atoms with Crippen LogP contribution in [0, 0.1) is 0 Å². The maximum absolute atomic E-state index is 11.3. The maximum atomic E-state index is 11.3. The van der Waals surface area contributed by atoms with Crippen molar-refractivity contribution in [3.8, 4) is 0 Å². The highest BCUT2D eigenvalue weighted by atomic mass is 32.1. The maximum Gasteiger partial charge on any atom is 0.186 e. The molecule has 1 aliphatic heterocycles. The van der Waals surface area contributed by atoms with Crippen molar-refractivity contribution in [3.63, 3.8) is 0 Å². The third-order valence-electron chi connectivity index (χ3n) is 4.36. The van der Waals surface area contributed by atoms with Gasteiger partial charge in [-0.25, -0.2) is 4.98 Å². The fourth-order valence-corrected chi connectivity index (χ4v) is 4.10. The SMILES string of the molecule is CCC1CN(C)CCCN1c1nc(C2CC2)c(C=O)s1. The van der Waals surface area contributed by atoms with Crippen LogP contribution in [0.3, 0.4) is 0 Å². The van der Waals surface area contributed by atoms with Crippen molar-refractivity contribution in [2.75, 3.05) is 31.6 Å². The Balaban J connectivity index is 1.87. The number of rotatable bonds is 4. The molecule has 110 valence electrons. The van der Waals surface area contributed by atoms with E-state index in [0.717, 1.165) is 48.0 Å². The summed E-state index contributed by atoms with van der Waals surface area (Å²) in [7, 11) is 2.19. The molecule has 1 saturated carbocycles. The molecule has 2 fully saturated rings. The largest absolute Gasteiger partial charge is 0.344 e. The first-order valence-corrected chi connectivity index (χ1v) is 8.45. The van der Waals surface area contributed by atoms with Gasteiger partial charge in [-0.15, -0.1) is 0 Å². The van der Waals surface area contributed by atoms with Crippen LogP contribution < -0.4 is 4.90 Å². The molecule has 1 aliphatic carbocycles. The second-order valence-corrected chi connectivity index (χ2v) is 7.02. The number of anilines is 1. The molecule has 0 bridgehead atoms. The van der Waals surface area contributed by atoms with Gasteiger partial charge in [0.1, 0.15) is 0 Å². The van der Waals surface area contributed by atoms with Crippen LogP contribution in [0.25, 0.3) is 0 Å². The van der Waals surface area contributed by atoms with Gasteiger partial charge in [-0.05, 0) is 39.3 Å². The van der Waals surface area contributed by atoms with E-state index in [1.165, 1.54) is 19.3 Å². The summed E-state index contributed by atoms with van der Waals surface area (Å²) in [6.07, 6.45) is 5.69. The third kappa shape index (κ3) is 2.74. The lowest BCUT2D eigenvalue weighted by Gasteiger charge is -2.29. The molecule has 2 heterocycles. The molecular formula is C15H23N3OS. The number of thiazole rings is 1. The standard InChI is InChI=1S/C15H23N3OS/c1-3-12-9-17(2)7-4-8-18(12)15-16-14(11-5-6-11)13(10-19)20-15/h10-12H,3-9H2,1-2H3. The summed E-state index contributed by atoms with van der Waals surface area (Å²) in [6, 6.07) is 0.514. The number of hydrogen-bond acceptors (Lipinski definition) is 5. The molecule has 1 atom stereocenters. The fourth-order valence-electron chi connectivity index (χ4n) is 3.03. The van der Waals surface area contributed by atoms with E-state index in [2.05, 4.69) is 23.8 Å². The molecule has 4 nitrogen and oxygen atoms in total. The number of nitrogens with zero attached hydrogens (tertiary/aromatic N) is 3. The molecule has 1 aromatic rings. The first kappa shape index (κ1) is 14.0. The predicted molar refractivity (Wildman–Crippen MR) is 83.0 cm³/mol. The van der Waals surface area contributed by atoms with Crippen LogP contribution in [0.5, 0.6) is 0 Å². The van der Waals surface area contributed by atoms with Gasteiger partial charge in [-0.2, -0.15) is 0 Å². The Morgan fingerprint density at radius 2 is 2.20 bits per heavy atom. The summed E-state index contributed by atoms with van der Waals surface area (Å²) in [5.74, 6) is 0.551. The summed E-state index contributed by atoms with van der Waals surface area (Å²) in [6.45, 7) is 5.53. The topological polar surface area (TPSA) is 36.4 Å². The normalized spacial score (nSPS) is 24.7. The van der Waals surface area contributed by atoms with Crippen LogP contribution in [0.4, 0.5) is 5.13 Å². The second-order valence-electron chi connectivity index (χ2n) is 6.01. The van der Waals surface area contributed by atoms with Gasteiger partial charge in [0.2, 0.25) is 0 Å². The number of aromatic nitrogens is 1. The predicted octanol–water partition coefficient (Wildman–Crippen LogP) is 2.75. The van der Waals surface area contributed by atoms with E-state index in [9.17, 15) is 4.79 Å². The molecule has 3 rings (SSSR count). The Labute approximate surface area is 124 Å². The number of aldehydes is 1. The molecule has 0 N–H and O–H groups in total. The van der Waals surface area contributed by atoms with Gasteiger partial charge in [-0.3, -0.25) is 4.79 Å². The quantitative estimate of drug-likeness (QED) is 0.800. The van der Waals surface area contributed by atoms with Crippen molar-refractivity contribution in [3.05, 3.63) is 10.6 Å². The Morgan fingerprint density at radius 1 is 1.40 bits per heavy atom. The first-order chi connectivity index (χ1) is 9.72. The molecule has 1 aromatic heterocycles. The van der Waals surface area contributed by atoms with Gasteiger partial charge in [0.25, 0.3) is 0 Å². The zero-order chi connectivity index (χ0) is 14.1. The van der Waals surface area contributed by atoms with E-state index >= 15 is 0 Å². The van der Waals surface area contributed by atoms with Crippen LogP contribution >= 0.6 is 11.3 Å². The van der Waals surface area contributed by atoms with Crippen molar-refractivity contribution in [2.24, 2.45) is 0 Å². The van der Waals surface area contributed by atoms with Crippen molar-refractivity contribution in [1.82, 2.24) is 9.88 Å². The van der Waals surface area contributed by atoms with E-state index in [0.29, 0.717) is 12.0 Å². The summed E-state index contributed by atoms with van der Waals surface area (Å²) >= 11 is 1.59. The average Bonchev–Trinajstić information content (AvgIpc) is 3.23. The van der Waals surface area contributed by atoms with Crippen LogP contribution in [0.15, 0.2) is 0 Å². The molecule has 20 heavy (non-hydrogen) atoms. The molecule has 1 saturated heterocycles. The minimum absolute atomic E-state index is 0.514. The Morgan fingerprint density at radius 3 is 2.85 bits per heavy atom. The highest BCUT2D eigenvalue weighted by Crippen LogP contribution is 2.44. The molecular weight excluding hydrogens is 270 g/mol. The number of carbonyl (C=O) groups excluding carboxylic acids is 1. The molecule has 2 aliphatic rings. The first-order valence-electron chi connectivity index (χ1n) is 7.64. The number of carbonyl (C=O) groups is 1. The molecule has 0 aromatic carbocycles. The van der Waals surface area contributed by atoms with Crippen molar-refractivity contribution < 1.29 is 4.79 Å². The summed E-state index contributed by atoms with van der Waals surface area (Å²) < 4.78 is 0. The minimum Gasteiger partial charge on any atom is -0.344 e. The fraction of sp³-hybridized carbons (Fsp3) is 0.733. The lowest BCUT2D eigenvalue weighted by atomic mass is 10.2. The minimum atomic E-state index is 0.514. The number of likely N-dealkylation sites (N-methyl/N-ethyl adjacent to an activating group) is 1. The molecule has 0 spiro atoms. The van der Waals surface area contributed by atoms with Crippen LogP contribution in [-0.2, 0) is 0 Å². The smallest absolute Gasteiger partial charge is 0.186 e. The van der Waals surface area contributed by atoms with Crippen LogP contribution in [0.1, 0.15) is 53.9 Å². The van der Waals surface area contributed by atoms with Crippen molar-refractivity contribution >= 4 is 22.8 Å². The average molecular weight is 293 g/mol. The number of hydrogen-bond donors (Lipinski definition) is 0. The van der Waals surface area contributed by atoms with E-state index < -0.39 is 0 Å². The van der Waals surface area contributed by atoms with Crippen LogP contribution in [-0.4, -0.2) is 48.9 Å². The van der Waals surface area contributed by atoms with E-state index in [4.69, 9.17) is 4.98 Å². The second kappa shape index (κ2) is 5.82. The Hall–Kier alpha value is -0.940. The zero-order valence-electron chi connectivity index (χ0n) is 12.3. The summed E-state index contributed by atoms with van der Waals surface area (Å²) in [4.78, 5) is 21.8. The Bertz CT molecular complexity index is 483. The van der Waals surface area contributed by atoms with Gasteiger partial charge in [-0.1, -0.05) is 18.3 Å². The van der Waals surface area contributed by atoms with E-state index in [1.54, 1.807) is 11.3 Å². The highest BCUT2D eigenvalue weighted by Gasteiger charge is 2.32. The molecule has 0 radical (unpaired) electrons. The van der Waals surface area contributed by atoms with Gasteiger partial charge >= 0.3 is 0 Å². The van der Waals surface area contributed by atoms with Gasteiger partial charge < -0.3 is 9.80 Å². The lowest BCUT2D eigenvalue weighted by molar-refractivity contribution is 0.112. The van der Waals surface area contributed by atoms with Crippen LogP contribution in [0.2, 0.25) is 0 Å². The summed E-state index contributed by atoms with van der Waals surface area (Å²) in [5.41, 5.74) is 1.06.